The molecule has 1 heterocycles. The van der Waals surface area contributed by atoms with Crippen LogP contribution in [0.15, 0.2) is 24.3 Å². The monoisotopic (exact) mass is 412 g/mol. The van der Waals surface area contributed by atoms with E-state index in [1.165, 1.54) is 23.3 Å². The number of benzene rings is 1. The highest BCUT2D eigenvalue weighted by Gasteiger charge is 2.33. The van der Waals surface area contributed by atoms with Crippen molar-refractivity contribution in [2.45, 2.75) is 45.1 Å². The fraction of sp³-hybridized carbons (Fsp3) is 0.650. The fourth-order valence-electron chi connectivity index (χ4n) is 3.41. The summed E-state index contributed by atoms with van der Waals surface area (Å²) in [5.74, 6) is 0.474. The Labute approximate surface area is 170 Å². The Kier molecular flexibility index (Phi) is 8.51. The average molecular weight is 413 g/mol. The first-order valence-electron chi connectivity index (χ1n) is 9.96. The van der Waals surface area contributed by atoms with Gasteiger partial charge < -0.3 is 15.1 Å². The third-order valence-corrected chi connectivity index (χ3v) is 7.10. The lowest BCUT2D eigenvalue weighted by Crippen LogP contribution is -3.05. The lowest BCUT2D eigenvalue weighted by molar-refractivity contribution is -0.858. The normalized spacial score (nSPS) is 18.6. The standard InChI is InChI=1S/C20H33N3O2S2/c1-4-5-7-17-8-10-18(11-9-17)21-20(26)23(14-6-13-22(2)3)19-12-15-27(24,25)16-19/h8-11,19H,4-7,12-16H2,1-3H3,(H,21,26)/p+1/t19-/m1/s1. The molecule has 5 nitrogen and oxygen atoms in total. The van der Waals surface area contributed by atoms with Gasteiger partial charge in [0.2, 0.25) is 0 Å². The van der Waals surface area contributed by atoms with Gasteiger partial charge in [-0.3, -0.25) is 0 Å². The van der Waals surface area contributed by atoms with Crippen molar-refractivity contribution in [3.63, 3.8) is 0 Å². The Bertz CT molecular complexity index is 702. The second-order valence-electron chi connectivity index (χ2n) is 7.79. The molecule has 1 aromatic carbocycles. The molecule has 1 aliphatic heterocycles. The maximum atomic E-state index is 11.9. The number of anilines is 1. The van der Waals surface area contributed by atoms with Gasteiger partial charge in [-0.05, 0) is 49.2 Å². The van der Waals surface area contributed by atoms with Gasteiger partial charge in [0, 0.05) is 24.7 Å². The zero-order valence-electron chi connectivity index (χ0n) is 16.8. The highest BCUT2D eigenvalue weighted by molar-refractivity contribution is 7.91. The van der Waals surface area contributed by atoms with Crippen LogP contribution in [-0.4, -0.2) is 63.2 Å². The molecular formula is C20H34N3O2S2+. The molecule has 7 heteroatoms. The minimum absolute atomic E-state index is 0.0176. The zero-order valence-corrected chi connectivity index (χ0v) is 18.5. The maximum Gasteiger partial charge on any atom is 0.173 e. The van der Waals surface area contributed by atoms with Crippen LogP contribution in [0.4, 0.5) is 5.69 Å². The number of rotatable bonds is 9. The lowest BCUT2D eigenvalue weighted by Gasteiger charge is -2.31. The molecule has 0 saturated carbocycles. The number of unbranched alkanes of at least 4 members (excludes halogenated alkanes) is 1. The first-order chi connectivity index (χ1) is 12.8. The van der Waals surface area contributed by atoms with Gasteiger partial charge in [-0.15, -0.1) is 0 Å². The summed E-state index contributed by atoms with van der Waals surface area (Å²) in [6.07, 6.45) is 5.13. The van der Waals surface area contributed by atoms with Crippen molar-refractivity contribution in [2.24, 2.45) is 0 Å². The fourth-order valence-corrected chi connectivity index (χ4v) is 5.49. The van der Waals surface area contributed by atoms with Crippen LogP contribution in [-0.2, 0) is 16.3 Å². The third kappa shape index (κ3) is 7.39. The van der Waals surface area contributed by atoms with Crippen molar-refractivity contribution in [1.82, 2.24) is 4.90 Å². The van der Waals surface area contributed by atoms with Gasteiger partial charge in [0.15, 0.2) is 14.9 Å². The highest BCUT2D eigenvalue weighted by Crippen LogP contribution is 2.20. The first-order valence-corrected chi connectivity index (χ1v) is 12.2. The van der Waals surface area contributed by atoms with Gasteiger partial charge in [0.1, 0.15) is 0 Å². The van der Waals surface area contributed by atoms with E-state index in [2.05, 4.69) is 55.5 Å². The molecule has 0 unspecified atom stereocenters. The van der Waals surface area contributed by atoms with Crippen molar-refractivity contribution >= 4 is 32.9 Å². The molecule has 0 spiro atoms. The van der Waals surface area contributed by atoms with Crippen LogP contribution in [0, 0.1) is 0 Å². The molecule has 2 rings (SSSR count). The summed E-state index contributed by atoms with van der Waals surface area (Å²) < 4.78 is 23.9. The molecule has 27 heavy (non-hydrogen) atoms. The first kappa shape index (κ1) is 22.1. The number of hydrogen-bond donors (Lipinski definition) is 2. The summed E-state index contributed by atoms with van der Waals surface area (Å²) in [5.41, 5.74) is 2.30. The van der Waals surface area contributed by atoms with Crippen LogP contribution in [0.2, 0.25) is 0 Å². The Morgan fingerprint density at radius 2 is 1.96 bits per heavy atom. The van der Waals surface area contributed by atoms with Crippen LogP contribution in [0.3, 0.4) is 0 Å². The van der Waals surface area contributed by atoms with Gasteiger partial charge >= 0.3 is 0 Å². The number of quaternary nitrogens is 1. The van der Waals surface area contributed by atoms with E-state index in [-0.39, 0.29) is 17.5 Å². The van der Waals surface area contributed by atoms with Crippen molar-refractivity contribution in [3.8, 4) is 0 Å². The minimum Gasteiger partial charge on any atom is -0.345 e. The summed E-state index contributed by atoms with van der Waals surface area (Å²) in [7, 11) is 1.32. The van der Waals surface area contributed by atoms with Crippen LogP contribution in [0.5, 0.6) is 0 Å². The smallest absolute Gasteiger partial charge is 0.173 e. The van der Waals surface area contributed by atoms with E-state index in [0.717, 1.165) is 31.6 Å². The van der Waals surface area contributed by atoms with Gasteiger partial charge in [-0.1, -0.05) is 25.5 Å². The van der Waals surface area contributed by atoms with Crippen molar-refractivity contribution in [2.75, 3.05) is 44.0 Å². The molecule has 1 aromatic rings. The summed E-state index contributed by atoms with van der Waals surface area (Å²) >= 11 is 5.66. The number of thiocarbonyl (C=S) groups is 1. The summed E-state index contributed by atoms with van der Waals surface area (Å²) in [6.45, 7) is 4.01. The van der Waals surface area contributed by atoms with Crippen LogP contribution < -0.4 is 10.2 Å². The Morgan fingerprint density at radius 3 is 2.52 bits per heavy atom. The van der Waals surface area contributed by atoms with Crippen LogP contribution in [0.25, 0.3) is 0 Å². The largest absolute Gasteiger partial charge is 0.345 e. The summed E-state index contributed by atoms with van der Waals surface area (Å²) in [6, 6.07) is 8.38. The molecule has 152 valence electrons. The Hall–Kier alpha value is -1.18. The molecule has 2 N–H and O–H groups in total. The summed E-state index contributed by atoms with van der Waals surface area (Å²) in [5, 5.41) is 3.96. The zero-order chi connectivity index (χ0) is 19.9. The molecule has 1 atom stereocenters. The molecule has 1 aliphatic rings. The minimum atomic E-state index is -2.94. The number of nitrogens with zero attached hydrogens (tertiary/aromatic N) is 1. The number of hydrogen-bond acceptors (Lipinski definition) is 3. The van der Waals surface area contributed by atoms with E-state index in [4.69, 9.17) is 12.2 Å². The highest BCUT2D eigenvalue weighted by atomic mass is 32.2. The van der Waals surface area contributed by atoms with Crippen LogP contribution >= 0.6 is 12.2 Å². The molecular weight excluding hydrogens is 378 g/mol. The third-order valence-electron chi connectivity index (χ3n) is 5.01. The molecule has 1 saturated heterocycles. The van der Waals surface area contributed by atoms with E-state index >= 15 is 0 Å². The SMILES string of the molecule is CCCCc1ccc(NC(=S)N(CCC[NH+](C)C)[C@@H]2CCS(=O)(=O)C2)cc1. The van der Waals surface area contributed by atoms with E-state index in [9.17, 15) is 8.42 Å². The topological polar surface area (TPSA) is 53.9 Å². The van der Waals surface area contributed by atoms with Crippen molar-refractivity contribution in [1.29, 1.82) is 0 Å². The molecule has 0 bridgehead atoms. The molecule has 0 aliphatic carbocycles. The second-order valence-corrected chi connectivity index (χ2v) is 10.4. The second kappa shape index (κ2) is 10.4. The van der Waals surface area contributed by atoms with E-state index in [0.29, 0.717) is 11.5 Å². The molecule has 0 radical (unpaired) electrons. The summed E-state index contributed by atoms with van der Waals surface area (Å²) in [4.78, 5) is 3.48. The van der Waals surface area contributed by atoms with Gasteiger partial charge in [-0.25, -0.2) is 8.42 Å². The number of sulfone groups is 1. The van der Waals surface area contributed by atoms with Crippen LogP contribution in [0.1, 0.15) is 38.2 Å². The number of nitrogens with one attached hydrogen (secondary N) is 2. The average Bonchev–Trinajstić information content (AvgIpc) is 2.97. The quantitative estimate of drug-likeness (QED) is 0.605. The van der Waals surface area contributed by atoms with Crippen molar-refractivity contribution in [3.05, 3.63) is 29.8 Å². The van der Waals surface area contributed by atoms with E-state index in [1.807, 2.05) is 0 Å². The van der Waals surface area contributed by atoms with Crippen molar-refractivity contribution < 1.29 is 13.3 Å². The maximum absolute atomic E-state index is 11.9. The van der Waals surface area contributed by atoms with E-state index in [1.54, 1.807) is 0 Å². The molecule has 0 aromatic heterocycles. The Morgan fingerprint density at radius 1 is 1.26 bits per heavy atom. The molecule has 1 fully saturated rings. The predicted molar refractivity (Wildman–Crippen MR) is 117 cm³/mol. The molecule has 0 amide bonds. The van der Waals surface area contributed by atoms with Gasteiger partial charge in [-0.2, -0.15) is 0 Å². The lowest BCUT2D eigenvalue weighted by atomic mass is 10.1. The predicted octanol–water partition coefficient (Wildman–Crippen LogP) is 1.75. The number of aryl methyl sites for hydroxylation is 1. The van der Waals surface area contributed by atoms with Gasteiger partial charge in [0.05, 0.1) is 32.1 Å². The van der Waals surface area contributed by atoms with E-state index < -0.39 is 9.84 Å². The Balaban J connectivity index is 2.01. The van der Waals surface area contributed by atoms with Gasteiger partial charge in [0.25, 0.3) is 0 Å².